The van der Waals surface area contributed by atoms with Crippen molar-refractivity contribution < 1.29 is 13.2 Å². The summed E-state index contributed by atoms with van der Waals surface area (Å²) in [5.41, 5.74) is 0.509. The minimum absolute atomic E-state index is 0.0788. The SMILES string of the molecule is CCN(Cc1cccs1)S(=O)(=O)c1ccc(C(C)=O)cc1. The predicted molar refractivity (Wildman–Crippen MR) is 84.0 cm³/mol. The van der Waals surface area contributed by atoms with Crippen LogP contribution in [0.4, 0.5) is 0 Å². The topological polar surface area (TPSA) is 54.5 Å². The fraction of sp³-hybridized carbons (Fsp3) is 0.267. The van der Waals surface area contributed by atoms with Gasteiger partial charge in [-0.05, 0) is 30.5 Å². The summed E-state index contributed by atoms with van der Waals surface area (Å²) in [6.07, 6.45) is 0. The third kappa shape index (κ3) is 3.58. The van der Waals surface area contributed by atoms with Gasteiger partial charge < -0.3 is 0 Å². The molecule has 0 amide bonds. The maximum Gasteiger partial charge on any atom is 0.243 e. The molecule has 1 aromatic carbocycles. The molecule has 2 aromatic rings. The van der Waals surface area contributed by atoms with Crippen LogP contribution in [0.1, 0.15) is 29.1 Å². The number of carbonyl (C=O) groups is 1. The maximum absolute atomic E-state index is 12.6. The van der Waals surface area contributed by atoms with E-state index in [1.807, 2.05) is 24.4 Å². The van der Waals surface area contributed by atoms with Crippen LogP contribution in [0, 0.1) is 0 Å². The van der Waals surface area contributed by atoms with Crippen molar-refractivity contribution in [3.8, 4) is 0 Å². The van der Waals surface area contributed by atoms with E-state index in [0.29, 0.717) is 18.7 Å². The summed E-state index contributed by atoms with van der Waals surface area (Å²) in [7, 11) is -3.54. The number of sulfonamides is 1. The first-order valence-electron chi connectivity index (χ1n) is 6.58. The molecule has 0 saturated heterocycles. The van der Waals surface area contributed by atoms with Crippen LogP contribution in [-0.4, -0.2) is 25.1 Å². The molecule has 0 atom stereocenters. The minimum Gasteiger partial charge on any atom is -0.295 e. The molecule has 0 aliphatic rings. The minimum atomic E-state index is -3.54. The fourth-order valence-corrected chi connectivity index (χ4v) is 4.18. The number of carbonyl (C=O) groups excluding carboxylic acids is 1. The number of thiophene rings is 1. The Morgan fingerprint density at radius 1 is 1.19 bits per heavy atom. The van der Waals surface area contributed by atoms with E-state index in [4.69, 9.17) is 0 Å². The molecule has 0 spiro atoms. The zero-order chi connectivity index (χ0) is 15.5. The van der Waals surface area contributed by atoms with Gasteiger partial charge >= 0.3 is 0 Å². The quantitative estimate of drug-likeness (QED) is 0.767. The monoisotopic (exact) mass is 323 g/mol. The number of hydrogen-bond donors (Lipinski definition) is 0. The van der Waals surface area contributed by atoms with Gasteiger partial charge in [0.05, 0.1) is 4.90 Å². The molecule has 1 heterocycles. The van der Waals surface area contributed by atoms with E-state index in [2.05, 4.69) is 0 Å². The number of rotatable bonds is 6. The van der Waals surface area contributed by atoms with Gasteiger partial charge in [-0.1, -0.05) is 25.1 Å². The Morgan fingerprint density at radius 2 is 1.86 bits per heavy atom. The first-order valence-corrected chi connectivity index (χ1v) is 8.90. The van der Waals surface area contributed by atoms with Gasteiger partial charge in [-0.2, -0.15) is 4.31 Å². The van der Waals surface area contributed by atoms with Gasteiger partial charge in [0.15, 0.2) is 5.78 Å². The van der Waals surface area contributed by atoms with Crippen molar-refractivity contribution in [3.05, 3.63) is 52.2 Å². The molecule has 0 fully saturated rings. The van der Waals surface area contributed by atoms with E-state index in [1.165, 1.54) is 34.7 Å². The number of hydrogen-bond acceptors (Lipinski definition) is 4. The van der Waals surface area contributed by atoms with Gasteiger partial charge in [0, 0.05) is 23.5 Å². The van der Waals surface area contributed by atoms with E-state index < -0.39 is 10.0 Å². The van der Waals surface area contributed by atoms with E-state index in [9.17, 15) is 13.2 Å². The molecule has 112 valence electrons. The van der Waals surface area contributed by atoms with Gasteiger partial charge in [0.25, 0.3) is 0 Å². The summed E-state index contributed by atoms with van der Waals surface area (Å²) in [5, 5.41) is 1.93. The summed E-state index contributed by atoms with van der Waals surface area (Å²) in [6.45, 7) is 4.04. The molecule has 0 bridgehead atoms. The molecule has 1 aromatic heterocycles. The highest BCUT2D eigenvalue weighted by atomic mass is 32.2. The smallest absolute Gasteiger partial charge is 0.243 e. The lowest BCUT2D eigenvalue weighted by molar-refractivity contribution is 0.101. The zero-order valence-electron chi connectivity index (χ0n) is 11.9. The van der Waals surface area contributed by atoms with Gasteiger partial charge in [-0.25, -0.2) is 8.42 Å². The Morgan fingerprint density at radius 3 is 2.33 bits per heavy atom. The molecule has 2 rings (SSSR count). The summed E-state index contributed by atoms with van der Waals surface area (Å²) >= 11 is 1.53. The average molecular weight is 323 g/mol. The predicted octanol–water partition coefficient (Wildman–Crippen LogP) is 3.16. The number of ketones is 1. The third-order valence-electron chi connectivity index (χ3n) is 3.16. The highest BCUT2D eigenvalue weighted by molar-refractivity contribution is 7.89. The lowest BCUT2D eigenvalue weighted by atomic mass is 10.2. The van der Waals surface area contributed by atoms with Crippen molar-refractivity contribution in [1.82, 2.24) is 4.31 Å². The fourth-order valence-electron chi connectivity index (χ4n) is 1.95. The second kappa shape index (κ2) is 6.51. The van der Waals surface area contributed by atoms with Crippen molar-refractivity contribution >= 4 is 27.1 Å². The normalized spacial score (nSPS) is 11.8. The molecule has 0 unspecified atom stereocenters. The molecule has 0 radical (unpaired) electrons. The van der Waals surface area contributed by atoms with Crippen LogP contribution >= 0.6 is 11.3 Å². The molecule has 0 N–H and O–H groups in total. The molecule has 4 nitrogen and oxygen atoms in total. The van der Waals surface area contributed by atoms with Gasteiger partial charge in [-0.3, -0.25) is 4.79 Å². The second-order valence-corrected chi connectivity index (χ2v) is 7.56. The van der Waals surface area contributed by atoms with Crippen LogP contribution < -0.4 is 0 Å². The van der Waals surface area contributed by atoms with Crippen molar-refractivity contribution in [2.75, 3.05) is 6.54 Å². The van der Waals surface area contributed by atoms with Crippen molar-refractivity contribution in [2.24, 2.45) is 0 Å². The van der Waals surface area contributed by atoms with E-state index >= 15 is 0 Å². The zero-order valence-corrected chi connectivity index (χ0v) is 13.6. The van der Waals surface area contributed by atoms with Gasteiger partial charge in [-0.15, -0.1) is 11.3 Å². The van der Waals surface area contributed by atoms with Crippen molar-refractivity contribution in [3.63, 3.8) is 0 Å². The van der Waals surface area contributed by atoms with Crippen LogP contribution in [0.15, 0.2) is 46.7 Å². The highest BCUT2D eigenvalue weighted by Crippen LogP contribution is 2.20. The Balaban J connectivity index is 2.28. The molecule has 21 heavy (non-hydrogen) atoms. The summed E-state index contributed by atoms with van der Waals surface area (Å²) < 4.78 is 26.7. The number of nitrogens with zero attached hydrogens (tertiary/aromatic N) is 1. The molecule has 6 heteroatoms. The first kappa shape index (κ1) is 15.9. The lowest BCUT2D eigenvalue weighted by Crippen LogP contribution is -2.30. The third-order valence-corrected chi connectivity index (χ3v) is 5.96. The van der Waals surface area contributed by atoms with Crippen molar-refractivity contribution in [1.29, 1.82) is 0 Å². The van der Waals surface area contributed by atoms with Crippen LogP contribution in [0.25, 0.3) is 0 Å². The average Bonchev–Trinajstić information content (AvgIpc) is 2.97. The molecule has 0 aliphatic carbocycles. The number of Topliss-reactive ketones (excluding diaryl/α,β-unsaturated/α-hetero) is 1. The maximum atomic E-state index is 12.6. The van der Waals surface area contributed by atoms with E-state index in [1.54, 1.807) is 12.1 Å². The Labute approximate surface area is 129 Å². The Kier molecular flexibility index (Phi) is 4.92. The molecule has 0 saturated carbocycles. The molecular formula is C15H17NO3S2. The number of benzene rings is 1. The molecular weight excluding hydrogens is 306 g/mol. The standard InChI is InChI=1S/C15H17NO3S2/c1-3-16(11-14-5-4-10-20-14)21(18,19)15-8-6-13(7-9-15)12(2)17/h4-10H,3,11H2,1-2H3. The summed E-state index contributed by atoms with van der Waals surface area (Å²) in [4.78, 5) is 12.5. The summed E-state index contributed by atoms with van der Waals surface area (Å²) in [5.74, 6) is -0.0788. The first-order chi connectivity index (χ1) is 9.95. The second-order valence-electron chi connectivity index (χ2n) is 4.59. The van der Waals surface area contributed by atoms with Crippen LogP contribution in [0.3, 0.4) is 0 Å². The summed E-state index contributed by atoms with van der Waals surface area (Å²) in [6, 6.07) is 9.90. The van der Waals surface area contributed by atoms with Crippen LogP contribution in [-0.2, 0) is 16.6 Å². The van der Waals surface area contributed by atoms with Gasteiger partial charge in [0.1, 0.15) is 0 Å². The highest BCUT2D eigenvalue weighted by Gasteiger charge is 2.23. The molecule has 0 aliphatic heterocycles. The van der Waals surface area contributed by atoms with Gasteiger partial charge in [0.2, 0.25) is 10.0 Å². The van der Waals surface area contributed by atoms with E-state index in [-0.39, 0.29) is 10.7 Å². The Hall–Kier alpha value is -1.50. The lowest BCUT2D eigenvalue weighted by Gasteiger charge is -2.19. The Bertz CT molecular complexity index is 704. The largest absolute Gasteiger partial charge is 0.295 e. The van der Waals surface area contributed by atoms with Crippen molar-refractivity contribution in [2.45, 2.75) is 25.3 Å². The van der Waals surface area contributed by atoms with Crippen LogP contribution in [0.2, 0.25) is 0 Å². The van der Waals surface area contributed by atoms with Crippen LogP contribution in [0.5, 0.6) is 0 Å². The van der Waals surface area contributed by atoms with E-state index in [0.717, 1.165) is 4.88 Å².